The van der Waals surface area contributed by atoms with Gasteiger partial charge in [-0.25, -0.2) is 4.79 Å². The number of nitrogens with zero attached hydrogens (tertiary/aromatic N) is 1. The molecule has 0 N–H and O–H groups in total. The number of Topliss-reactive ketones (excluding diaryl/α,β-unsaturated/α-hetero) is 1. The molecule has 0 aliphatic heterocycles. The second-order valence-corrected chi connectivity index (χ2v) is 21.3. The van der Waals surface area contributed by atoms with Crippen molar-refractivity contribution < 1.29 is 28.7 Å². The summed E-state index contributed by atoms with van der Waals surface area (Å²) in [5, 5.41) is 0.661. The normalized spacial score (nSPS) is 34.7. The van der Waals surface area contributed by atoms with E-state index in [4.69, 9.17) is 21.1 Å². The number of benzene rings is 1. The number of aldehydes is 1. The van der Waals surface area contributed by atoms with Gasteiger partial charge in [-0.3, -0.25) is 9.59 Å². The van der Waals surface area contributed by atoms with Gasteiger partial charge >= 0.3 is 12.1 Å². The first-order valence-corrected chi connectivity index (χ1v) is 21.7. The summed E-state index contributed by atoms with van der Waals surface area (Å²) >= 11 is 6.21. The fourth-order valence-corrected chi connectivity index (χ4v) is 13.0. The van der Waals surface area contributed by atoms with Gasteiger partial charge in [0.05, 0.1) is 6.42 Å². The van der Waals surface area contributed by atoms with Gasteiger partial charge in [0.1, 0.15) is 18.0 Å². The number of hydrogen-bond acceptors (Lipinski definition) is 6. The van der Waals surface area contributed by atoms with Crippen molar-refractivity contribution >= 4 is 35.7 Å². The number of carbonyl (C=O) groups excluding carboxylic acids is 4. The molecule has 1 aromatic rings. The molecule has 9 unspecified atom stereocenters. The van der Waals surface area contributed by atoms with E-state index < -0.39 is 11.0 Å². The van der Waals surface area contributed by atoms with E-state index >= 15 is 0 Å². The summed E-state index contributed by atoms with van der Waals surface area (Å²) in [7, 11) is 0. The van der Waals surface area contributed by atoms with Crippen molar-refractivity contribution in [1.82, 2.24) is 4.90 Å². The van der Waals surface area contributed by atoms with Crippen molar-refractivity contribution in [2.24, 2.45) is 57.2 Å². The van der Waals surface area contributed by atoms with Crippen molar-refractivity contribution in [3.8, 4) is 0 Å². The number of rotatable bonds is 10. The Morgan fingerprint density at radius 1 is 0.945 bits per heavy atom. The van der Waals surface area contributed by atoms with Crippen LogP contribution in [0.1, 0.15) is 145 Å². The standard InChI is InChI=1S/C47H68ClNO6/c1-29(2)40-36(51)25-47(23-24-49(42(53)55-43(4,5)6)27-31-11-13-32(48)14-12-31)22-18-35-33(41(40)47)15-16-38-45(9)21-19-37(54-39(52)26-44(7,8)28-50)30(3)34(45)17-20-46(35,38)10/h11-14,28-30,33-35,37-38H,15-27H2,1-10H3. The number of carbonyl (C=O) groups is 4. The summed E-state index contributed by atoms with van der Waals surface area (Å²) in [6.07, 6.45) is 10.4. The average Bonchev–Trinajstić information content (AvgIpc) is 3.40. The number of halogens is 1. The van der Waals surface area contributed by atoms with E-state index in [1.54, 1.807) is 13.8 Å². The van der Waals surface area contributed by atoms with Crippen molar-refractivity contribution in [3.63, 3.8) is 0 Å². The van der Waals surface area contributed by atoms with Gasteiger partial charge in [-0.05, 0) is 148 Å². The zero-order valence-corrected chi connectivity index (χ0v) is 36.2. The van der Waals surface area contributed by atoms with Gasteiger partial charge in [0.15, 0.2) is 5.78 Å². The first-order chi connectivity index (χ1) is 25.6. The molecule has 1 aromatic carbocycles. The Kier molecular flexibility index (Phi) is 11.6. The molecule has 0 radical (unpaired) electrons. The summed E-state index contributed by atoms with van der Waals surface area (Å²) in [5.74, 6) is 2.43. The van der Waals surface area contributed by atoms with Crippen molar-refractivity contribution in [3.05, 3.63) is 46.0 Å². The maximum Gasteiger partial charge on any atom is 0.410 e. The van der Waals surface area contributed by atoms with Crippen LogP contribution in [0.4, 0.5) is 4.79 Å². The van der Waals surface area contributed by atoms with Crippen LogP contribution in [0, 0.1) is 57.2 Å². The number of allylic oxidation sites excluding steroid dienone is 2. The molecule has 0 heterocycles. The van der Waals surface area contributed by atoms with Gasteiger partial charge in [-0.1, -0.05) is 77.8 Å². The summed E-state index contributed by atoms with van der Waals surface area (Å²) in [5.41, 5.74) is 2.26. The molecule has 4 saturated carbocycles. The van der Waals surface area contributed by atoms with E-state index in [1.807, 2.05) is 49.9 Å². The van der Waals surface area contributed by atoms with Crippen LogP contribution in [0.3, 0.4) is 0 Å². The van der Waals surface area contributed by atoms with Crippen molar-refractivity contribution in [1.29, 1.82) is 0 Å². The molecule has 5 aliphatic carbocycles. The van der Waals surface area contributed by atoms with Crippen LogP contribution >= 0.6 is 11.6 Å². The molecule has 9 atom stereocenters. The average molecular weight is 779 g/mol. The van der Waals surface area contributed by atoms with Gasteiger partial charge in [0.25, 0.3) is 0 Å². The van der Waals surface area contributed by atoms with E-state index in [2.05, 4.69) is 34.6 Å². The summed E-state index contributed by atoms with van der Waals surface area (Å²) in [6, 6.07) is 7.66. The SMILES string of the molecule is CC(C)C1=C2C3CCC4C(C)(CCC5C(C)C(OC(=O)CC(C)(C)C=O)CCC54C)C3CCC2(CCN(Cc2ccc(Cl)cc2)C(=O)OC(C)(C)C)CC1=O. The number of ketones is 1. The second kappa shape index (κ2) is 15.3. The molecule has 304 valence electrons. The fourth-order valence-electron chi connectivity index (χ4n) is 12.8. The summed E-state index contributed by atoms with van der Waals surface area (Å²) < 4.78 is 12.1. The lowest BCUT2D eigenvalue weighted by Crippen LogP contribution is -2.60. The topological polar surface area (TPSA) is 90.0 Å². The Bertz CT molecular complexity index is 1670. The smallest absolute Gasteiger partial charge is 0.410 e. The molecule has 0 spiro atoms. The highest BCUT2D eigenvalue weighted by molar-refractivity contribution is 6.30. The van der Waals surface area contributed by atoms with Crippen LogP contribution in [0.2, 0.25) is 5.02 Å². The lowest BCUT2D eigenvalue weighted by atomic mass is 9.38. The largest absolute Gasteiger partial charge is 0.462 e. The molecule has 8 heteroatoms. The lowest BCUT2D eigenvalue weighted by molar-refractivity contribution is -0.191. The Labute approximate surface area is 336 Å². The number of esters is 1. The van der Waals surface area contributed by atoms with Crippen LogP contribution in [0.25, 0.3) is 0 Å². The molecular formula is C47H68ClNO6. The van der Waals surface area contributed by atoms with E-state index in [9.17, 15) is 19.2 Å². The van der Waals surface area contributed by atoms with Gasteiger partial charge in [-0.2, -0.15) is 0 Å². The molecular weight excluding hydrogens is 710 g/mol. The monoisotopic (exact) mass is 777 g/mol. The minimum Gasteiger partial charge on any atom is -0.462 e. The van der Waals surface area contributed by atoms with Crippen LogP contribution < -0.4 is 0 Å². The Balaban J connectivity index is 1.24. The lowest BCUT2D eigenvalue weighted by Gasteiger charge is -2.67. The highest BCUT2D eigenvalue weighted by Gasteiger charge is 2.65. The maximum absolute atomic E-state index is 14.2. The van der Waals surface area contributed by atoms with Gasteiger partial charge in [0, 0.05) is 35.4 Å². The molecule has 55 heavy (non-hydrogen) atoms. The molecule has 0 saturated heterocycles. The van der Waals surface area contributed by atoms with E-state index in [0.29, 0.717) is 54.0 Å². The van der Waals surface area contributed by atoms with Crippen molar-refractivity contribution in [2.45, 2.75) is 158 Å². The number of hydrogen-bond donors (Lipinski definition) is 0. The van der Waals surface area contributed by atoms with E-state index in [-0.39, 0.29) is 52.7 Å². The first-order valence-electron chi connectivity index (χ1n) is 21.3. The molecule has 1 amide bonds. The van der Waals surface area contributed by atoms with Crippen molar-refractivity contribution in [2.75, 3.05) is 6.54 Å². The van der Waals surface area contributed by atoms with Gasteiger partial charge in [-0.15, -0.1) is 0 Å². The molecule has 0 bridgehead atoms. The molecule has 5 aliphatic rings. The molecule has 4 fully saturated rings. The number of amides is 1. The minimum absolute atomic E-state index is 0.104. The second-order valence-electron chi connectivity index (χ2n) is 20.9. The number of ether oxygens (including phenoxy) is 2. The highest BCUT2D eigenvalue weighted by atomic mass is 35.5. The Hall–Kier alpha value is -2.67. The first kappa shape index (κ1) is 41.9. The summed E-state index contributed by atoms with van der Waals surface area (Å²) in [4.78, 5) is 54.2. The summed E-state index contributed by atoms with van der Waals surface area (Å²) in [6.45, 7) is 22.1. The predicted octanol–water partition coefficient (Wildman–Crippen LogP) is 11.2. The zero-order chi connectivity index (χ0) is 40.3. The maximum atomic E-state index is 14.2. The quantitative estimate of drug-likeness (QED) is 0.174. The zero-order valence-electron chi connectivity index (χ0n) is 35.4. The third-order valence-electron chi connectivity index (χ3n) is 15.3. The minimum atomic E-state index is -0.712. The van der Waals surface area contributed by atoms with E-state index in [1.165, 1.54) is 5.57 Å². The fraction of sp³-hybridized carbons (Fsp3) is 0.745. The van der Waals surface area contributed by atoms with Gasteiger partial charge < -0.3 is 19.2 Å². The van der Waals surface area contributed by atoms with Crippen LogP contribution in [-0.4, -0.2) is 47.3 Å². The van der Waals surface area contributed by atoms with Crippen LogP contribution in [-0.2, 0) is 30.4 Å². The van der Waals surface area contributed by atoms with Gasteiger partial charge in [0.2, 0.25) is 0 Å². The predicted molar refractivity (Wildman–Crippen MR) is 217 cm³/mol. The third-order valence-corrected chi connectivity index (χ3v) is 15.5. The number of fused-ring (bicyclic) bond motifs is 7. The molecule has 0 aromatic heterocycles. The highest BCUT2D eigenvalue weighted by Crippen LogP contribution is 2.72. The Morgan fingerprint density at radius 3 is 2.22 bits per heavy atom. The van der Waals surface area contributed by atoms with Crippen LogP contribution in [0.5, 0.6) is 0 Å². The van der Waals surface area contributed by atoms with E-state index in [0.717, 1.165) is 75.2 Å². The third kappa shape index (κ3) is 8.08. The molecule has 6 rings (SSSR count). The Morgan fingerprint density at radius 2 is 1.58 bits per heavy atom. The van der Waals surface area contributed by atoms with Crippen LogP contribution in [0.15, 0.2) is 35.4 Å². The molecule has 7 nitrogen and oxygen atoms in total.